The maximum absolute atomic E-state index is 12.1. The summed E-state index contributed by atoms with van der Waals surface area (Å²) in [5.74, 6) is -0.992. The Balaban J connectivity index is 2.30. The normalized spacial score (nSPS) is 10.7. The lowest BCUT2D eigenvalue weighted by atomic mass is 10.1. The summed E-state index contributed by atoms with van der Waals surface area (Å²) in [6, 6.07) is 6.90. The van der Waals surface area contributed by atoms with Gasteiger partial charge in [0.1, 0.15) is 5.60 Å². The number of hydrogen-bond acceptors (Lipinski definition) is 6. The van der Waals surface area contributed by atoms with Crippen LogP contribution in [-0.4, -0.2) is 49.1 Å². The first-order valence-electron chi connectivity index (χ1n) is 9.06. The molecule has 0 atom stereocenters. The van der Waals surface area contributed by atoms with E-state index in [-0.39, 0.29) is 31.3 Å². The van der Waals surface area contributed by atoms with E-state index in [1.807, 2.05) is 0 Å². The molecule has 0 heterocycles. The van der Waals surface area contributed by atoms with Gasteiger partial charge in [-0.2, -0.15) is 0 Å². The summed E-state index contributed by atoms with van der Waals surface area (Å²) in [4.78, 5) is 46.0. The third-order valence-electron chi connectivity index (χ3n) is 3.43. The molecule has 0 saturated heterocycles. The number of esters is 1. The largest absolute Gasteiger partial charge is 0.457 e. The Morgan fingerprint density at radius 2 is 1.61 bits per heavy atom. The average molecular weight is 392 g/mol. The highest BCUT2D eigenvalue weighted by Crippen LogP contribution is 2.07. The Bertz CT molecular complexity index is 692. The second kappa shape index (κ2) is 11.1. The van der Waals surface area contributed by atoms with Crippen molar-refractivity contribution in [1.82, 2.24) is 10.6 Å². The van der Waals surface area contributed by atoms with E-state index in [0.29, 0.717) is 18.5 Å². The Kier molecular flexibility index (Phi) is 9.14. The Hall–Kier alpha value is -2.90. The smallest absolute Gasteiger partial charge is 0.407 e. The lowest BCUT2D eigenvalue weighted by molar-refractivity contribution is -0.142. The Labute approximate surface area is 165 Å². The molecule has 2 amide bonds. The number of ketones is 1. The highest BCUT2D eigenvalue weighted by molar-refractivity contribution is 5.98. The van der Waals surface area contributed by atoms with Gasteiger partial charge in [0.25, 0.3) is 0 Å². The zero-order chi connectivity index (χ0) is 21.2. The molecular weight excluding hydrogens is 364 g/mol. The molecule has 0 fully saturated rings. The van der Waals surface area contributed by atoms with Crippen molar-refractivity contribution in [1.29, 1.82) is 0 Å². The molecule has 1 aromatic rings. The third-order valence-corrected chi connectivity index (χ3v) is 3.43. The predicted octanol–water partition coefficient (Wildman–Crippen LogP) is 2.01. The molecule has 28 heavy (non-hydrogen) atoms. The van der Waals surface area contributed by atoms with Crippen LogP contribution in [0.5, 0.6) is 0 Å². The summed E-state index contributed by atoms with van der Waals surface area (Å²) in [6.45, 7) is 6.89. The fourth-order valence-corrected chi connectivity index (χ4v) is 2.12. The van der Waals surface area contributed by atoms with Crippen LogP contribution in [0.1, 0.15) is 50.0 Å². The molecule has 0 aliphatic heterocycles. The van der Waals surface area contributed by atoms with Gasteiger partial charge < -0.3 is 20.1 Å². The fraction of sp³-hybridized carbons (Fsp3) is 0.500. The number of nitrogens with one attached hydrogen (secondary N) is 2. The van der Waals surface area contributed by atoms with Gasteiger partial charge in [-0.15, -0.1) is 0 Å². The van der Waals surface area contributed by atoms with Gasteiger partial charge >= 0.3 is 12.1 Å². The molecule has 0 aliphatic rings. The Morgan fingerprint density at radius 1 is 0.964 bits per heavy atom. The molecule has 0 spiro atoms. The molecule has 0 bridgehead atoms. The number of ether oxygens (including phenoxy) is 2. The second-order valence-electron chi connectivity index (χ2n) is 7.19. The molecule has 2 N–H and O–H groups in total. The molecule has 154 valence electrons. The number of hydrogen-bond donors (Lipinski definition) is 2. The molecule has 8 heteroatoms. The number of amides is 2. The van der Waals surface area contributed by atoms with Crippen molar-refractivity contribution in [3.8, 4) is 0 Å². The first-order chi connectivity index (χ1) is 13.1. The monoisotopic (exact) mass is 392 g/mol. The van der Waals surface area contributed by atoms with E-state index >= 15 is 0 Å². The summed E-state index contributed by atoms with van der Waals surface area (Å²) < 4.78 is 9.98. The van der Waals surface area contributed by atoms with Gasteiger partial charge in [-0.3, -0.25) is 14.4 Å². The number of carbonyl (C=O) groups excluding carboxylic acids is 4. The summed E-state index contributed by atoms with van der Waals surface area (Å²) in [5, 5.41) is 5.15. The standard InChI is InChI=1S/C20H28N2O6/c1-14(23)21-11-9-15-5-7-16(8-6-15)17(24)13-27-18(25)10-12-22-19(26)28-20(2,3)4/h5-8H,9-13H2,1-4H3,(H,21,23)(H,22,26). The first kappa shape index (κ1) is 23.1. The molecule has 0 radical (unpaired) electrons. The van der Waals surface area contributed by atoms with Crippen LogP contribution in [0.2, 0.25) is 0 Å². The number of benzene rings is 1. The van der Waals surface area contributed by atoms with Gasteiger partial charge in [-0.25, -0.2) is 4.79 Å². The molecule has 8 nitrogen and oxygen atoms in total. The van der Waals surface area contributed by atoms with Crippen LogP contribution in [0.4, 0.5) is 4.79 Å². The van der Waals surface area contributed by atoms with Gasteiger partial charge in [0.05, 0.1) is 6.42 Å². The summed E-state index contributed by atoms with van der Waals surface area (Å²) in [6.07, 6.45) is -0.0163. The van der Waals surface area contributed by atoms with Gasteiger partial charge in [0, 0.05) is 25.6 Å². The number of Topliss-reactive ketones (excluding diaryl/α,β-unsaturated/α-hetero) is 1. The van der Waals surface area contributed by atoms with Crippen LogP contribution in [0.3, 0.4) is 0 Å². The van der Waals surface area contributed by atoms with Crippen LogP contribution >= 0.6 is 0 Å². The van der Waals surface area contributed by atoms with Crippen molar-refractivity contribution in [2.75, 3.05) is 19.7 Å². The number of rotatable bonds is 9. The zero-order valence-electron chi connectivity index (χ0n) is 16.8. The minimum Gasteiger partial charge on any atom is -0.457 e. The van der Waals surface area contributed by atoms with E-state index in [1.165, 1.54) is 6.92 Å². The molecule has 1 aromatic carbocycles. The predicted molar refractivity (Wildman–Crippen MR) is 103 cm³/mol. The summed E-state index contributed by atoms with van der Waals surface area (Å²) in [5.41, 5.74) is 0.801. The van der Waals surface area contributed by atoms with Crippen molar-refractivity contribution in [2.24, 2.45) is 0 Å². The van der Waals surface area contributed by atoms with Crippen LogP contribution < -0.4 is 10.6 Å². The van der Waals surface area contributed by atoms with Crippen molar-refractivity contribution in [3.05, 3.63) is 35.4 Å². The number of alkyl carbamates (subject to hydrolysis) is 1. The lowest BCUT2D eigenvalue weighted by Crippen LogP contribution is -2.33. The third kappa shape index (κ3) is 10.3. The molecule has 0 unspecified atom stereocenters. The maximum atomic E-state index is 12.1. The molecular formula is C20H28N2O6. The van der Waals surface area contributed by atoms with Gasteiger partial charge in [0.15, 0.2) is 12.4 Å². The Morgan fingerprint density at radius 3 is 2.18 bits per heavy atom. The SMILES string of the molecule is CC(=O)NCCc1ccc(C(=O)COC(=O)CCNC(=O)OC(C)(C)C)cc1. The highest BCUT2D eigenvalue weighted by Gasteiger charge is 2.16. The second-order valence-corrected chi connectivity index (χ2v) is 7.19. The molecule has 0 saturated carbocycles. The fourth-order valence-electron chi connectivity index (χ4n) is 2.12. The minimum atomic E-state index is -0.616. The quantitative estimate of drug-likeness (QED) is 0.491. The van der Waals surface area contributed by atoms with Crippen LogP contribution in [0.15, 0.2) is 24.3 Å². The van der Waals surface area contributed by atoms with Gasteiger partial charge in [0.2, 0.25) is 5.91 Å². The lowest BCUT2D eigenvalue weighted by Gasteiger charge is -2.19. The van der Waals surface area contributed by atoms with E-state index in [1.54, 1.807) is 45.0 Å². The van der Waals surface area contributed by atoms with Crippen molar-refractivity contribution >= 4 is 23.8 Å². The van der Waals surface area contributed by atoms with Gasteiger partial charge in [-0.1, -0.05) is 24.3 Å². The summed E-state index contributed by atoms with van der Waals surface area (Å²) >= 11 is 0. The van der Waals surface area contributed by atoms with E-state index in [9.17, 15) is 19.2 Å². The topological polar surface area (TPSA) is 111 Å². The number of carbonyl (C=O) groups is 4. The van der Waals surface area contributed by atoms with E-state index in [4.69, 9.17) is 9.47 Å². The molecule has 0 aromatic heterocycles. The van der Waals surface area contributed by atoms with Gasteiger partial charge in [-0.05, 0) is 32.8 Å². The van der Waals surface area contributed by atoms with E-state index in [0.717, 1.165) is 5.56 Å². The van der Waals surface area contributed by atoms with Crippen molar-refractivity contribution in [3.63, 3.8) is 0 Å². The maximum Gasteiger partial charge on any atom is 0.407 e. The van der Waals surface area contributed by atoms with Crippen LogP contribution in [-0.2, 0) is 25.5 Å². The van der Waals surface area contributed by atoms with E-state index < -0.39 is 17.7 Å². The van der Waals surface area contributed by atoms with Crippen molar-refractivity contribution < 1.29 is 28.7 Å². The van der Waals surface area contributed by atoms with Crippen LogP contribution in [0.25, 0.3) is 0 Å². The van der Waals surface area contributed by atoms with Crippen LogP contribution in [0, 0.1) is 0 Å². The summed E-state index contributed by atoms with van der Waals surface area (Å²) in [7, 11) is 0. The average Bonchev–Trinajstić information content (AvgIpc) is 2.58. The first-order valence-corrected chi connectivity index (χ1v) is 9.06. The highest BCUT2D eigenvalue weighted by atomic mass is 16.6. The minimum absolute atomic E-state index is 0.0604. The molecule has 1 rings (SSSR count). The molecule has 0 aliphatic carbocycles. The van der Waals surface area contributed by atoms with Crippen molar-refractivity contribution in [2.45, 2.75) is 46.1 Å². The van der Waals surface area contributed by atoms with E-state index in [2.05, 4.69) is 10.6 Å². The zero-order valence-corrected chi connectivity index (χ0v) is 16.8.